The van der Waals surface area contributed by atoms with Crippen molar-refractivity contribution in [2.75, 3.05) is 17.7 Å². The van der Waals surface area contributed by atoms with Crippen LogP contribution in [0, 0.1) is 6.92 Å². The van der Waals surface area contributed by atoms with E-state index in [4.69, 9.17) is 0 Å². The predicted octanol–water partition coefficient (Wildman–Crippen LogP) is 4.21. The van der Waals surface area contributed by atoms with Gasteiger partial charge in [-0.05, 0) is 52.7 Å². The zero-order valence-electron chi connectivity index (χ0n) is 11.0. The Morgan fingerprint density at radius 3 is 2.55 bits per heavy atom. The fraction of sp³-hybridized carbons (Fsp3) is 0.143. The zero-order chi connectivity index (χ0) is 14.7. The molecule has 1 amide bonds. The van der Waals surface area contributed by atoms with Gasteiger partial charge < -0.3 is 10.6 Å². The maximum absolute atomic E-state index is 12.3. The van der Waals surface area contributed by atoms with Gasteiger partial charge in [0, 0.05) is 27.9 Å². The number of rotatable bonds is 3. The van der Waals surface area contributed by atoms with Crippen LogP contribution in [-0.2, 0) is 0 Å². The fourth-order valence-electron chi connectivity index (χ4n) is 1.82. The highest BCUT2D eigenvalue weighted by molar-refractivity contribution is 9.10. The van der Waals surface area contributed by atoms with Crippen molar-refractivity contribution in [1.29, 1.82) is 0 Å². The molecule has 0 saturated carbocycles. The molecular weight excluding hydrogens is 386 g/mol. The molecule has 2 N–H and O–H groups in total. The van der Waals surface area contributed by atoms with Crippen LogP contribution in [-0.4, -0.2) is 17.9 Å². The average Bonchev–Trinajstić information content (AvgIpc) is 2.37. The van der Waals surface area contributed by atoms with Gasteiger partial charge in [0.1, 0.15) is 5.82 Å². The minimum Gasteiger partial charge on any atom is -0.372 e. The molecular formula is C14H13Br2N3O. The van der Waals surface area contributed by atoms with Crippen molar-refractivity contribution >= 4 is 49.3 Å². The van der Waals surface area contributed by atoms with Crippen LogP contribution in [0.1, 0.15) is 15.9 Å². The molecule has 20 heavy (non-hydrogen) atoms. The molecule has 0 atom stereocenters. The average molecular weight is 399 g/mol. The van der Waals surface area contributed by atoms with Gasteiger partial charge in [0.2, 0.25) is 0 Å². The summed E-state index contributed by atoms with van der Waals surface area (Å²) in [6, 6.07) is 7.48. The number of halogens is 2. The first-order valence-corrected chi connectivity index (χ1v) is 7.50. The van der Waals surface area contributed by atoms with Gasteiger partial charge in [-0.25, -0.2) is 4.98 Å². The van der Waals surface area contributed by atoms with Gasteiger partial charge in [-0.15, -0.1) is 0 Å². The molecule has 0 bridgehead atoms. The van der Waals surface area contributed by atoms with Gasteiger partial charge >= 0.3 is 0 Å². The van der Waals surface area contributed by atoms with Gasteiger partial charge in [0.05, 0.1) is 5.56 Å². The number of carbonyl (C=O) groups is 1. The molecule has 2 aromatic rings. The Balaban J connectivity index is 2.30. The summed E-state index contributed by atoms with van der Waals surface area (Å²) < 4.78 is 1.68. The molecule has 0 aliphatic rings. The van der Waals surface area contributed by atoms with Crippen LogP contribution in [0.5, 0.6) is 0 Å². The third-order valence-corrected chi connectivity index (χ3v) is 3.53. The first kappa shape index (κ1) is 15.0. The lowest BCUT2D eigenvalue weighted by molar-refractivity contribution is 0.102. The monoisotopic (exact) mass is 397 g/mol. The Hall–Kier alpha value is -1.40. The molecule has 0 radical (unpaired) electrons. The van der Waals surface area contributed by atoms with Crippen LogP contribution in [0.3, 0.4) is 0 Å². The molecule has 0 unspecified atom stereocenters. The van der Waals surface area contributed by atoms with E-state index in [0.717, 1.165) is 20.2 Å². The lowest BCUT2D eigenvalue weighted by Gasteiger charge is -2.10. The van der Waals surface area contributed by atoms with E-state index < -0.39 is 0 Å². The number of nitrogens with zero attached hydrogens (tertiary/aromatic N) is 1. The number of anilines is 2. The molecule has 0 aliphatic heterocycles. The van der Waals surface area contributed by atoms with E-state index in [1.54, 1.807) is 19.3 Å². The molecule has 1 heterocycles. The number of aryl methyl sites for hydroxylation is 1. The third-order valence-electron chi connectivity index (χ3n) is 2.64. The Morgan fingerprint density at radius 1 is 1.15 bits per heavy atom. The summed E-state index contributed by atoms with van der Waals surface area (Å²) in [7, 11) is 1.73. The van der Waals surface area contributed by atoms with Crippen LogP contribution in [0.15, 0.2) is 39.4 Å². The normalized spacial score (nSPS) is 10.2. The summed E-state index contributed by atoms with van der Waals surface area (Å²) in [6.07, 6.45) is 1.64. The molecule has 2 rings (SSSR count). The predicted molar refractivity (Wildman–Crippen MR) is 88.3 cm³/mol. The van der Waals surface area contributed by atoms with Crippen molar-refractivity contribution in [3.05, 3.63) is 50.5 Å². The molecule has 4 nitrogen and oxygen atoms in total. The van der Waals surface area contributed by atoms with Gasteiger partial charge in [-0.3, -0.25) is 4.79 Å². The first-order chi connectivity index (χ1) is 9.49. The Kier molecular flexibility index (Phi) is 4.77. The number of nitrogens with one attached hydrogen (secondary N) is 2. The summed E-state index contributed by atoms with van der Waals surface area (Å²) >= 11 is 6.74. The van der Waals surface area contributed by atoms with Crippen molar-refractivity contribution in [1.82, 2.24) is 4.98 Å². The Morgan fingerprint density at radius 2 is 1.90 bits per heavy atom. The van der Waals surface area contributed by atoms with Crippen LogP contribution in [0.25, 0.3) is 0 Å². The largest absolute Gasteiger partial charge is 0.372 e. The minimum absolute atomic E-state index is 0.208. The van der Waals surface area contributed by atoms with Crippen LogP contribution in [0.4, 0.5) is 11.5 Å². The van der Waals surface area contributed by atoms with Crippen LogP contribution >= 0.6 is 31.9 Å². The smallest absolute Gasteiger partial charge is 0.259 e. The van der Waals surface area contributed by atoms with Crippen molar-refractivity contribution in [3.8, 4) is 0 Å². The summed E-state index contributed by atoms with van der Waals surface area (Å²) in [6.45, 7) is 1.97. The van der Waals surface area contributed by atoms with Gasteiger partial charge in [-0.1, -0.05) is 15.9 Å². The van der Waals surface area contributed by atoms with Crippen molar-refractivity contribution in [3.63, 3.8) is 0 Å². The second-order valence-electron chi connectivity index (χ2n) is 4.27. The summed E-state index contributed by atoms with van der Waals surface area (Å²) in [5.74, 6) is 0.332. The maximum Gasteiger partial charge on any atom is 0.259 e. The highest BCUT2D eigenvalue weighted by atomic mass is 79.9. The topological polar surface area (TPSA) is 54.0 Å². The molecule has 104 valence electrons. The van der Waals surface area contributed by atoms with E-state index in [1.165, 1.54) is 0 Å². The Bertz CT molecular complexity index is 639. The Labute approximate surface area is 134 Å². The van der Waals surface area contributed by atoms with E-state index in [1.807, 2.05) is 25.1 Å². The lowest BCUT2D eigenvalue weighted by Crippen LogP contribution is -2.15. The maximum atomic E-state index is 12.3. The fourth-order valence-corrected chi connectivity index (χ4v) is 2.76. The molecule has 1 aromatic heterocycles. The van der Waals surface area contributed by atoms with Crippen molar-refractivity contribution < 1.29 is 4.79 Å². The van der Waals surface area contributed by atoms with Crippen molar-refractivity contribution in [2.45, 2.75) is 6.92 Å². The summed E-state index contributed by atoms with van der Waals surface area (Å²) in [5.41, 5.74) is 2.29. The second-order valence-corrected chi connectivity index (χ2v) is 6.10. The third kappa shape index (κ3) is 3.58. The van der Waals surface area contributed by atoms with Crippen LogP contribution in [0.2, 0.25) is 0 Å². The highest BCUT2D eigenvalue weighted by Gasteiger charge is 2.13. The highest BCUT2D eigenvalue weighted by Crippen LogP contribution is 2.22. The standard InChI is InChI=1S/C14H13Br2N3O/c1-8-3-9(15)5-11(4-8)19-14(20)12-6-10(16)7-18-13(12)17-2/h3-7H,1-2H3,(H,17,18)(H,19,20). The van der Waals surface area contributed by atoms with E-state index in [-0.39, 0.29) is 5.91 Å². The second kappa shape index (κ2) is 6.37. The minimum atomic E-state index is -0.208. The molecule has 0 aliphatic carbocycles. The molecule has 0 fully saturated rings. The molecule has 1 aromatic carbocycles. The van der Waals surface area contributed by atoms with Crippen molar-refractivity contribution in [2.24, 2.45) is 0 Å². The van der Waals surface area contributed by atoms with Gasteiger partial charge in [0.15, 0.2) is 0 Å². The van der Waals surface area contributed by atoms with Crippen LogP contribution < -0.4 is 10.6 Å². The molecule has 0 spiro atoms. The lowest BCUT2D eigenvalue weighted by atomic mass is 10.2. The molecule has 0 saturated heterocycles. The van der Waals surface area contributed by atoms with E-state index in [9.17, 15) is 4.79 Å². The zero-order valence-corrected chi connectivity index (χ0v) is 14.2. The first-order valence-electron chi connectivity index (χ1n) is 5.91. The van der Waals surface area contributed by atoms with Gasteiger partial charge in [0.25, 0.3) is 5.91 Å². The number of aromatic nitrogens is 1. The molecule has 6 heteroatoms. The summed E-state index contributed by atoms with van der Waals surface area (Å²) in [4.78, 5) is 16.5. The number of benzene rings is 1. The van der Waals surface area contributed by atoms with Gasteiger partial charge in [-0.2, -0.15) is 0 Å². The summed E-state index contributed by atoms with van der Waals surface area (Å²) in [5, 5.41) is 5.78. The number of hydrogen-bond acceptors (Lipinski definition) is 3. The number of amides is 1. The number of pyridine rings is 1. The number of hydrogen-bond donors (Lipinski definition) is 2. The van der Waals surface area contributed by atoms with E-state index in [2.05, 4.69) is 47.5 Å². The SMILES string of the molecule is CNc1ncc(Br)cc1C(=O)Nc1cc(C)cc(Br)c1. The number of carbonyl (C=O) groups excluding carboxylic acids is 1. The quantitative estimate of drug-likeness (QED) is 0.814. The van der Waals surface area contributed by atoms with E-state index in [0.29, 0.717) is 11.4 Å². The van der Waals surface area contributed by atoms with E-state index >= 15 is 0 Å².